The number of hydrogen-bond donors (Lipinski definition) is 1. The molecule has 0 rings (SSSR count). The molecule has 0 aromatic heterocycles. The number of likely N-dealkylation sites (N-methyl/N-ethyl adjacent to an activating group) is 1. The van der Waals surface area contributed by atoms with Gasteiger partial charge in [0, 0.05) is 0 Å². The Labute approximate surface area is 63.6 Å². The molecular formula is C5H12Cl2N-. The average Bonchev–Trinajstić information content (AvgIpc) is 1.35. The Morgan fingerprint density at radius 1 is 1.38 bits per heavy atom. The van der Waals surface area contributed by atoms with Crippen LogP contribution in [0.25, 0.3) is 0 Å². The largest absolute Gasteiger partial charge is 1.00 e. The van der Waals surface area contributed by atoms with Crippen LogP contribution in [-0.2, 0) is 0 Å². The number of halogens is 2. The Morgan fingerprint density at radius 3 is 1.75 bits per heavy atom. The molecule has 0 saturated heterocycles. The summed E-state index contributed by atoms with van der Waals surface area (Å²) in [6.07, 6.45) is 1.91. The van der Waals surface area contributed by atoms with E-state index in [0.29, 0.717) is 0 Å². The summed E-state index contributed by atoms with van der Waals surface area (Å²) in [7, 11) is 4.20. The van der Waals surface area contributed by atoms with Crippen molar-refractivity contribution in [3.05, 3.63) is 12.7 Å². The minimum absolute atomic E-state index is 0. The first-order chi connectivity index (χ1) is 2.77. The second-order valence-electron chi connectivity index (χ2n) is 1.70. The van der Waals surface area contributed by atoms with E-state index in [1.165, 1.54) is 4.90 Å². The third-order valence-corrected chi connectivity index (χ3v) is 0.553. The maximum absolute atomic E-state index is 3.58. The summed E-state index contributed by atoms with van der Waals surface area (Å²) in [5, 5.41) is 0. The minimum Gasteiger partial charge on any atom is -1.00 e. The van der Waals surface area contributed by atoms with Crippen LogP contribution in [0.5, 0.6) is 0 Å². The van der Waals surface area contributed by atoms with Gasteiger partial charge in [0.25, 0.3) is 0 Å². The zero-order valence-electron chi connectivity index (χ0n) is 5.25. The van der Waals surface area contributed by atoms with Crippen molar-refractivity contribution in [3.63, 3.8) is 0 Å². The third kappa shape index (κ3) is 16.3. The van der Waals surface area contributed by atoms with Gasteiger partial charge in [0.2, 0.25) is 0 Å². The Hall–Kier alpha value is 0.280. The van der Waals surface area contributed by atoms with Crippen molar-refractivity contribution in [3.8, 4) is 0 Å². The van der Waals surface area contributed by atoms with Crippen molar-refractivity contribution in [2.24, 2.45) is 0 Å². The Kier molecular flexibility index (Phi) is 20.3. The molecule has 0 aliphatic rings. The highest BCUT2D eigenvalue weighted by Crippen LogP contribution is 1.42. The molecule has 0 unspecified atom stereocenters. The fourth-order valence-electron chi connectivity index (χ4n) is 0.289. The zero-order chi connectivity index (χ0) is 4.99. The SMILES string of the molecule is C=CC[NH+](C)C.[Cl-].[Cl-]. The van der Waals surface area contributed by atoms with Crippen molar-refractivity contribution in [2.45, 2.75) is 0 Å². The van der Waals surface area contributed by atoms with Crippen LogP contribution in [0.1, 0.15) is 0 Å². The van der Waals surface area contributed by atoms with E-state index in [1.54, 1.807) is 0 Å². The molecule has 8 heavy (non-hydrogen) atoms. The minimum atomic E-state index is 0. The predicted molar refractivity (Wildman–Crippen MR) is 27.9 cm³/mol. The molecule has 1 nitrogen and oxygen atoms in total. The molecule has 0 radical (unpaired) electrons. The highest BCUT2D eigenvalue weighted by atomic mass is 35.5. The molecular weight excluding hydrogens is 145 g/mol. The van der Waals surface area contributed by atoms with Gasteiger partial charge in [0.1, 0.15) is 0 Å². The highest BCUT2D eigenvalue weighted by Gasteiger charge is 1.79. The summed E-state index contributed by atoms with van der Waals surface area (Å²) < 4.78 is 0. The predicted octanol–water partition coefficient (Wildman–Crippen LogP) is -6.68. The molecule has 0 amide bonds. The number of rotatable bonds is 2. The second-order valence-corrected chi connectivity index (χ2v) is 1.70. The number of quaternary nitrogens is 1. The van der Waals surface area contributed by atoms with Crippen molar-refractivity contribution < 1.29 is 29.7 Å². The van der Waals surface area contributed by atoms with Gasteiger partial charge in [0.05, 0.1) is 20.6 Å². The van der Waals surface area contributed by atoms with Gasteiger partial charge in [-0.15, -0.1) is 0 Å². The Balaban J connectivity index is -0.000000125. The van der Waals surface area contributed by atoms with Crippen LogP contribution in [0.15, 0.2) is 12.7 Å². The molecule has 52 valence electrons. The van der Waals surface area contributed by atoms with Gasteiger partial charge in [-0.25, -0.2) is 0 Å². The van der Waals surface area contributed by atoms with Gasteiger partial charge in [-0.3, -0.25) is 0 Å². The van der Waals surface area contributed by atoms with Crippen molar-refractivity contribution in [2.75, 3.05) is 20.6 Å². The van der Waals surface area contributed by atoms with E-state index < -0.39 is 0 Å². The van der Waals surface area contributed by atoms with Crippen LogP contribution in [-0.4, -0.2) is 20.6 Å². The first-order valence-electron chi connectivity index (χ1n) is 2.17. The Bertz CT molecular complexity index is 45.7. The monoisotopic (exact) mass is 156 g/mol. The fraction of sp³-hybridized carbons (Fsp3) is 0.600. The van der Waals surface area contributed by atoms with Gasteiger partial charge in [-0.05, 0) is 6.08 Å². The average molecular weight is 157 g/mol. The van der Waals surface area contributed by atoms with Gasteiger partial charge in [-0.1, -0.05) is 6.58 Å². The molecule has 0 heterocycles. The lowest BCUT2D eigenvalue weighted by Gasteiger charge is -1.98. The van der Waals surface area contributed by atoms with Crippen LogP contribution in [0, 0.1) is 0 Å². The smallest absolute Gasteiger partial charge is 0.0951 e. The van der Waals surface area contributed by atoms with Crippen molar-refractivity contribution >= 4 is 0 Å². The van der Waals surface area contributed by atoms with E-state index in [-0.39, 0.29) is 24.8 Å². The first kappa shape index (κ1) is 15.7. The lowest BCUT2D eigenvalue weighted by molar-refractivity contribution is -0.851. The van der Waals surface area contributed by atoms with Crippen molar-refractivity contribution in [1.29, 1.82) is 0 Å². The zero-order valence-corrected chi connectivity index (χ0v) is 6.76. The topological polar surface area (TPSA) is 4.44 Å². The van der Waals surface area contributed by atoms with Crippen LogP contribution in [0.3, 0.4) is 0 Å². The van der Waals surface area contributed by atoms with E-state index in [2.05, 4.69) is 20.7 Å². The molecule has 0 aliphatic carbocycles. The van der Waals surface area contributed by atoms with E-state index >= 15 is 0 Å². The molecule has 0 saturated carbocycles. The molecule has 0 aliphatic heterocycles. The summed E-state index contributed by atoms with van der Waals surface area (Å²) in [4.78, 5) is 1.42. The number of nitrogens with one attached hydrogen (secondary N) is 1. The molecule has 3 heteroatoms. The summed E-state index contributed by atoms with van der Waals surface area (Å²) in [6.45, 7) is 4.64. The molecule has 1 N–H and O–H groups in total. The molecule has 0 atom stereocenters. The maximum Gasteiger partial charge on any atom is 0.0951 e. The molecule has 0 aromatic rings. The van der Waals surface area contributed by atoms with Crippen LogP contribution >= 0.6 is 0 Å². The second kappa shape index (κ2) is 10.3. The van der Waals surface area contributed by atoms with Crippen molar-refractivity contribution in [1.82, 2.24) is 0 Å². The quantitative estimate of drug-likeness (QED) is 0.380. The molecule has 0 bridgehead atoms. The lowest BCUT2D eigenvalue weighted by Crippen LogP contribution is -3.05. The van der Waals surface area contributed by atoms with E-state index in [4.69, 9.17) is 0 Å². The highest BCUT2D eigenvalue weighted by molar-refractivity contribution is 4.61. The summed E-state index contributed by atoms with van der Waals surface area (Å²) in [6, 6.07) is 0. The van der Waals surface area contributed by atoms with Gasteiger partial charge < -0.3 is 29.7 Å². The maximum atomic E-state index is 3.58. The third-order valence-electron chi connectivity index (χ3n) is 0.553. The van der Waals surface area contributed by atoms with Crippen LogP contribution in [0.4, 0.5) is 0 Å². The Morgan fingerprint density at radius 2 is 1.75 bits per heavy atom. The summed E-state index contributed by atoms with van der Waals surface area (Å²) in [5.41, 5.74) is 0. The number of hydrogen-bond acceptors (Lipinski definition) is 0. The molecule has 0 fully saturated rings. The fourth-order valence-corrected chi connectivity index (χ4v) is 0.289. The first-order valence-corrected chi connectivity index (χ1v) is 2.17. The van der Waals surface area contributed by atoms with E-state index in [0.717, 1.165) is 6.54 Å². The summed E-state index contributed by atoms with van der Waals surface area (Å²) in [5.74, 6) is 0. The standard InChI is InChI=1S/C5H11N.2ClH/c1-4-5-6(2)3;;/h4H,1,5H2,2-3H3;2*1H/p-1. The van der Waals surface area contributed by atoms with E-state index in [1.807, 2.05) is 6.08 Å². The van der Waals surface area contributed by atoms with Crippen LogP contribution < -0.4 is 29.7 Å². The molecule has 0 spiro atoms. The van der Waals surface area contributed by atoms with Gasteiger partial charge in [-0.2, -0.15) is 0 Å². The lowest BCUT2D eigenvalue weighted by atomic mass is 10.6. The van der Waals surface area contributed by atoms with Gasteiger partial charge >= 0.3 is 0 Å². The normalized spacial score (nSPS) is 6.88. The molecule has 0 aromatic carbocycles. The van der Waals surface area contributed by atoms with Gasteiger partial charge in [0.15, 0.2) is 0 Å². The summed E-state index contributed by atoms with van der Waals surface area (Å²) >= 11 is 0. The van der Waals surface area contributed by atoms with E-state index in [9.17, 15) is 0 Å². The van der Waals surface area contributed by atoms with Crippen LogP contribution in [0.2, 0.25) is 0 Å².